The highest BCUT2D eigenvalue weighted by Crippen LogP contribution is 2.30. The lowest BCUT2D eigenvalue weighted by Crippen LogP contribution is -2.39. The number of rotatable bonds is 15. The van der Waals surface area contributed by atoms with E-state index < -0.39 is 23.9 Å². The van der Waals surface area contributed by atoms with Crippen LogP contribution in [0.4, 0.5) is 10.5 Å². The summed E-state index contributed by atoms with van der Waals surface area (Å²) in [4.78, 5) is 55.9. The van der Waals surface area contributed by atoms with Crippen LogP contribution in [-0.4, -0.2) is 59.5 Å². The van der Waals surface area contributed by atoms with Gasteiger partial charge in [0, 0.05) is 41.0 Å². The first-order chi connectivity index (χ1) is 23.9. The predicted molar refractivity (Wildman–Crippen MR) is 189 cm³/mol. The number of methoxy groups -OCH3 is 1. The zero-order valence-corrected chi connectivity index (χ0v) is 28.0. The summed E-state index contributed by atoms with van der Waals surface area (Å²) < 4.78 is 10.5. The van der Waals surface area contributed by atoms with Crippen LogP contribution >= 0.6 is 0 Å². The van der Waals surface area contributed by atoms with Crippen molar-refractivity contribution in [2.24, 2.45) is 11.7 Å². The molecule has 13 heteroatoms. The maximum atomic E-state index is 13.4. The number of anilines is 1. The van der Waals surface area contributed by atoms with Gasteiger partial charge in [0.1, 0.15) is 18.1 Å². The van der Waals surface area contributed by atoms with Crippen molar-refractivity contribution >= 4 is 35.4 Å². The average molecular weight is 681 g/mol. The number of carboxylic acids is 1. The van der Waals surface area contributed by atoms with Gasteiger partial charge in [-0.3, -0.25) is 15.0 Å². The van der Waals surface area contributed by atoms with E-state index in [2.05, 4.69) is 20.9 Å². The molecule has 0 aliphatic heterocycles. The van der Waals surface area contributed by atoms with Crippen molar-refractivity contribution in [1.82, 2.24) is 15.6 Å². The van der Waals surface area contributed by atoms with E-state index in [4.69, 9.17) is 20.6 Å². The number of nitrogen functional groups attached to an aromatic ring is 1. The first-order valence-electron chi connectivity index (χ1n) is 15.9. The zero-order chi connectivity index (χ0) is 36.2. The third kappa shape index (κ3) is 10.1. The number of pyridine rings is 1. The highest BCUT2D eigenvalue weighted by atomic mass is 16.5. The number of nitrogens with zero attached hydrogens (tertiary/aromatic N) is 1. The van der Waals surface area contributed by atoms with Gasteiger partial charge in [0.25, 0.3) is 11.8 Å². The molecule has 0 unspecified atom stereocenters. The number of amidine groups is 1. The number of carbonyl (C=O) groups excluding carboxylic acids is 3. The van der Waals surface area contributed by atoms with E-state index >= 15 is 0 Å². The van der Waals surface area contributed by atoms with Gasteiger partial charge in [-0.15, -0.1) is 0 Å². The minimum Gasteiger partial charge on any atom is -0.481 e. The summed E-state index contributed by atoms with van der Waals surface area (Å²) in [5.41, 5.74) is 7.41. The number of carboxylic acid groups (broad SMARTS) is 1. The summed E-state index contributed by atoms with van der Waals surface area (Å²) in [5.74, 6) is -2.20. The Bertz CT molecular complexity index is 1850. The third-order valence-corrected chi connectivity index (χ3v) is 7.62. The summed E-state index contributed by atoms with van der Waals surface area (Å²) in [7, 11) is 1.39. The number of aromatic nitrogens is 1. The number of alkyl carbamates (subject to hydrolysis) is 1. The first kappa shape index (κ1) is 36.6. The molecule has 50 heavy (non-hydrogen) atoms. The van der Waals surface area contributed by atoms with Gasteiger partial charge in [0.05, 0.1) is 12.7 Å². The maximum Gasteiger partial charge on any atom is 0.407 e. The van der Waals surface area contributed by atoms with Gasteiger partial charge in [-0.2, -0.15) is 0 Å². The monoisotopic (exact) mass is 680 g/mol. The molecule has 13 nitrogen and oxygen atoms in total. The highest BCUT2D eigenvalue weighted by molar-refractivity contribution is 6.10. The molecule has 4 rings (SSSR count). The second-order valence-corrected chi connectivity index (χ2v) is 11.8. The second kappa shape index (κ2) is 17.2. The summed E-state index contributed by atoms with van der Waals surface area (Å²) in [5, 5.41) is 26.2. The number of hydrogen-bond donors (Lipinski definition) is 6. The van der Waals surface area contributed by atoms with Crippen molar-refractivity contribution in [3.8, 4) is 17.0 Å². The lowest BCUT2D eigenvalue weighted by molar-refractivity contribution is 0.0697. The predicted octanol–water partition coefficient (Wildman–Crippen LogP) is 5.45. The maximum absolute atomic E-state index is 13.4. The molecular formula is C37H40N6O7. The Kier molecular flexibility index (Phi) is 12.6. The Morgan fingerprint density at radius 1 is 0.900 bits per heavy atom. The van der Waals surface area contributed by atoms with Crippen LogP contribution in [0.15, 0.2) is 84.9 Å². The molecule has 0 saturated heterocycles. The van der Waals surface area contributed by atoms with Gasteiger partial charge >= 0.3 is 12.1 Å². The first-order valence-corrected chi connectivity index (χ1v) is 15.9. The molecule has 7 N–H and O–H groups in total. The number of ether oxygens (including phenoxy) is 2. The Labute approximate surface area is 289 Å². The molecule has 0 spiro atoms. The van der Waals surface area contributed by atoms with E-state index in [0.29, 0.717) is 24.1 Å². The van der Waals surface area contributed by atoms with Crippen molar-refractivity contribution in [2.45, 2.75) is 39.3 Å². The minimum atomic E-state index is -1.31. The molecule has 260 valence electrons. The standard InChI is InChI=1S/C37H40N6O7/c1-22(2)19-27(17-18-40-37(48)50-21-23-7-5-4-6-8-23)42-34(44)25-11-14-28(30(20-25)36(46)47)29-15-16-31(49-3)43-32(29)35(45)41-26-12-9-24(10-13-26)33(38)39/h4-16,20,22,27H,17-19,21H2,1-3H3,(H3,38,39)(H,40,48)(H,41,45)(H,42,44)(H,46,47)/t27-/m1/s1. The van der Waals surface area contributed by atoms with Crippen molar-refractivity contribution in [3.63, 3.8) is 0 Å². The van der Waals surface area contributed by atoms with E-state index in [0.717, 1.165) is 5.56 Å². The van der Waals surface area contributed by atoms with Crippen molar-refractivity contribution in [2.75, 3.05) is 19.0 Å². The molecule has 4 aromatic rings. The molecule has 0 bridgehead atoms. The van der Waals surface area contributed by atoms with E-state index in [9.17, 15) is 24.3 Å². The molecule has 0 fully saturated rings. The lowest BCUT2D eigenvalue weighted by atomic mass is 9.95. The minimum absolute atomic E-state index is 0.105. The Morgan fingerprint density at radius 3 is 2.22 bits per heavy atom. The van der Waals surface area contributed by atoms with Crippen molar-refractivity contribution < 1.29 is 33.8 Å². The highest BCUT2D eigenvalue weighted by Gasteiger charge is 2.23. The Balaban J connectivity index is 1.50. The number of nitrogens with two attached hydrogens (primary N) is 1. The molecule has 3 amide bonds. The van der Waals surface area contributed by atoms with Gasteiger partial charge in [-0.05, 0) is 72.4 Å². The number of hydrogen-bond acceptors (Lipinski definition) is 8. The van der Waals surface area contributed by atoms with E-state index in [1.807, 2.05) is 44.2 Å². The quantitative estimate of drug-likeness (QED) is 0.0696. The normalized spacial score (nSPS) is 11.3. The molecular weight excluding hydrogens is 640 g/mol. The number of benzene rings is 3. The van der Waals surface area contributed by atoms with Crippen LogP contribution in [0.3, 0.4) is 0 Å². The number of carbonyl (C=O) groups is 4. The van der Waals surface area contributed by atoms with Crippen LogP contribution in [0.1, 0.15) is 69.0 Å². The topological polar surface area (TPSA) is 206 Å². The smallest absolute Gasteiger partial charge is 0.407 e. The van der Waals surface area contributed by atoms with Crippen LogP contribution in [0.5, 0.6) is 5.88 Å². The summed E-state index contributed by atoms with van der Waals surface area (Å²) in [6.07, 6.45) is 0.461. The summed E-state index contributed by atoms with van der Waals surface area (Å²) in [6, 6.07) is 22.5. The fourth-order valence-corrected chi connectivity index (χ4v) is 5.18. The van der Waals surface area contributed by atoms with Crippen LogP contribution < -0.4 is 26.4 Å². The van der Waals surface area contributed by atoms with Crippen LogP contribution in [0.2, 0.25) is 0 Å². The average Bonchev–Trinajstić information content (AvgIpc) is 3.10. The molecule has 1 heterocycles. The number of aromatic carboxylic acids is 1. The largest absolute Gasteiger partial charge is 0.481 e. The molecule has 0 aliphatic rings. The van der Waals surface area contributed by atoms with E-state index in [1.165, 1.54) is 37.4 Å². The van der Waals surface area contributed by atoms with Gasteiger partial charge in [0.2, 0.25) is 5.88 Å². The second-order valence-electron chi connectivity index (χ2n) is 11.8. The number of nitrogens with one attached hydrogen (secondary N) is 4. The fourth-order valence-electron chi connectivity index (χ4n) is 5.18. The van der Waals surface area contributed by atoms with Gasteiger partial charge < -0.3 is 36.3 Å². The SMILES string of the molecule is COc1ccc(-c2ccc(C(=O)N[C@H](CCNC(=O)OCc3ccccc3)CC(C)C)cc2C(=O)O)c(C(=O)Nc2ccc(C(=N)N)cc2)n1. The molecule has 0 radical (unpaired) electrons. The van der Waals surface area contributed by atoms with Gasteiger partial charge in [-0.1, -0.05) is 50.2 Å². The third-order valence-electron chi connectivity index (χ3n) is 7.62. The van der Waals surface area contributed by atoms with E-state index in [1.54, 1.807) is 24.3 Å². The van der Waals surface area contributed by atoms with Crippen LogP contribution in [-0.2, 0) is 11.3 Å². The van der Waals surface area contributed by atoms with Crippen LogP contribution in [0.25, 0.3) is 11.1 Å². The van der Waals surface area contributed by atoms with Crippen molar-refractivity contribution in [3.05, 3.63) is 113 Å². The van der Waals surface area contributed by atoms with Crippen molar-refractivity contribution in [1.29, 1.82) is 5.41 Å². The summed E-state index contributed by atoms with van der Waals surface area (Å²) >= 11 is 0. The molecule has 0 aliphatic carbocycles. The molecule has 0 saturated carbocycles. The molecule has 1 atom stereocenters. The molecule has 3 aromatic carbocycles. The Morgan fingerprint density at radius 2 is 1.58 bits per heavy atom. The molecule has 1 aromatic heterocycles. The lowest BCUT2D eigenvalue weighted by Gasteiger charge is -2.21. The number of amides is 3. The summed E-state index contributed by atoms with van der Waals surface area (Å²) in [6.45, 7) is 4.40. The zero-order valence-electron chi connectivity index (χ0n) is 28.0. The van der Waals surface area contributed by atoms with Gasteiger partial charge in [0.15, 0.2) is 0 Å². The van der Waals surface area contributed by atoms with Crippen LogP contribution in [0, 0.1) is 11.3 Å². The van der Waals surface area contributed by atoms with E-state index in [-0.39, 0.29) is 64.8 Å². The fraction of sp³-hybridized carbons (Fsp3) is 0.243. The van der Waals surface area contributed by atoms with Gasteiger partial charge in [-0.25, -0.2) is 14.6 Å². The Hall–Kier alpha value is -6.24.